The van der Waals surface area contributed by atoms with Crippen LogP contribution in [0.15, 0.2) is 24.3 Å². The molecule has 0 aliphatic heterocycles. The van der Waals surface area contributed by atoms with Crippen LogP contribution in [0.4, 0.5) is 0 Å². The molecule has 2 rings (SSSR count). The first-order valence-corrected chi connectivity index (χ1v) is 8.60. The van der Waals surface area contributed by atoms with Crippen molar-refractivity contribution in [2.75, 3.05) is 6.26 Å². The van der Waals surface area contributed by atoms with Crippen molar-refractivity contribution in [3.63, 3.8) is 0 Å². The number of benzene rings is 1. The predicted octanol–water partition coefficient (Wildman–Crippen LogP) is 4.11. The van der Waals surface area contributed by atoms with Crippen molar-refractivity contribution < 1.29 is 5.11 Å². The Bertz CT molecular complexity index is 388. The molecule has 2 nitrogen and oxygen atoms in total. The van der Waals surface area contributed by atoms with Crippen molar-refractivity contribution in [1.29, 1.82) is 0 Å². The fourth-order valence-corrected chi connectivity index (χ4v) is 3.70. The van der Waals surface area contributed by atoms with Gasteiger partial charge in [-0.2, -0.15) is 11.8 Å². The lowest BCUT2D eigenvalue weighted by Crippen LogP contribution is -2.36. The maximum atomic E-state index is 9.98. The van der Waals surface area contributed by atoms with Gasteiger partial charge < -0.3 is 10.4 Å². The highest BCUT2D eigenvalue weighted by Gasteiger charge is 2.23. The van der Waals surface area contributed by atoms with E-state index in [9.17, 15) is 5.11 Å². The number of rotatable bonds is 5. The second kappa shape index (κ2) is 7.20. The Morgan fingerprint density at radius 1 is 1.26 bits per heavy atom. The van der Waals surface area contributed by atoms with Crippen molar-refractivity contribution in [1.82, 2.24) is 5.32 Å². The molecule has 1 aliphatic carbocycles. The maximum Gasteiger partial charge on any atom is 0.120 e. The van der Waals surface area contributed by atoms with Gasteiger partial charge in [0, 0.05) is 22.9 Å². The van der Waals surface area contributed by atoms with Gasteiger partial charge in [0.05, 0.1) is 0 Å². The maximum absolute atomic E-state index is 9.98. The third kappa shape index (κ3) is 3.90. The molecular formula is C16H25NOS. The molecule has 2 N–H and O–H groups in total. The molecule has 1 aromatic rings. The number of nitrogens with one attached hydrogen (secondary N) is 1. The van der Waals surface area contributed by atoms with Gasteiger partial charge in [-0.3, -0.25) is 0 Å². The van der Waals surface area contributed by atoms with Crippen LogP contribution >= 0.6 is 11.8 Å². The van der Waals surface area contributed by atoms with Gasteiger partial charge in [0.15, 0.2) is 0 Å². The summed E-state index contributed by atoms with van der Waals surface area (Å²) in [6.45, 7) is 2.18. The van der Waals surface area contributed by atoms with Gasteiger partial charge in [-0.25, -0.2) is 0 Å². The molecule has 1 unspecified atom stereocenters. The highest BCUT2D eigenvalue weighted by Crippen LogP contribution is 2.31. The van der Waals surface area contributed by atoms with Gasteiger partial charge in [-0.05, 0) is 44.4 Å². The molecule has 1 saturated carbocycles. The summed E-state index contributed by atoms with van der Waals surface area (Å²) < 4.78 is 0. The monoisotopic (exact) mass is 279 g/mol. The Morgan fingerprint density at radius 2 is 1.95 bits per heavy atom. The molecule has 106 valence electrons. The largest absolute Gasteiger partial charge is 0.508 e. The molecule has 0 heterocycles. The van der Waals surface area contributed by atoms with Gasteiger partial charge in [0.1, 0.15) is 5.75 Å². The summed E-state index contributed by atoms with van der Waals surface area (Å²) in [6, 6.07) is 8.58. The normalized spacial score (nSPS) is 25.2. The minimum Gasteiger partial charge on any atom is -0.508 e. The van der Waals surface area contributed by atoms with Crippen LogP contribution in [0.5, 0.6) is 5.75 Å². The van der Waals surface area contributed by atoms with Gasteiger partial charge in [0.2, 0.25) is 0 Å². The highest BCUT2D eigenvalue weighted by atomic mass is 32.2. The van der Waals surface area contributed by atoms with Gasteiger partial charge in [0.25, 0.3) is 0 Å². The van der Waals surface area contributed by atoms with Crippen LogP contribution in [-0.4, -0.2) is 22.7 Å². The van der Waals surface area contributed by atoms with Gasteiger partial charge in [-0.1, -0.05) is 25.1 Å². The van der Waals surface area contributed by atoms with Crippen LogP contribution < -0.4 is 5.32 Å². The number of phenols is 1. The first kappa shape index (κ1) is 14.7. The van der Waals surface area contributed by atoms with E-state index >= 15 is 0 Å². The number of hydrogen-bond acceptors (Lipinski definition) is 3. The van der Waals surface area contributed by atoms with Crippen molar-refractivity contribution in [2.45, 2.75) is 56.4 Å². The summed E-state index contributed by atoms with van der Waals surface area (Å²) in [6.07, 6.45) is 8.38. The summed E-state index contributed by atoms with van der Waals surface area (Å²) in [4.78, 5) is 0. The smallest absolute Gasteiger partial charge is 0.120 e. The van der Waals surface area contributed by atoms with Gasteiger partial charge in [-0.15, -0.1) is 0 Å². The molecule has 19 heavy (non-hydrogen) atoms. The second-order valence-corrected chi connectivity index (χ2v) is 6.53. The number of aromatic hydroxyl groups is 1. The van der Waals surface area contributed by atoms with Crippen LogP contribution in [-0.2, 0) is 0 Å². The minimum atomic E-state index is 0.275. The molecule has 1 atom stereocenters. The van der Waals surface area contributed by atoms with Crippen molar-refractivity contribution >= 4 is 11.8 Å². The van der Waals surface area contributed by atoms with E-state index in [1.807, 2.05) is 30.0 Å². The topological polar surface area (TPSA) is 32.3 Å². The average Bonchev–Trinajstić information content (AvgIpc) is 2.46. The Kier molecular flexibility index (Phi) is 5.59. The zero-order valence-corrected chi connectivity index (χ0v) is 12.7. The molecule has 0 spiro atoms. The van der Waals surface area contributed by atoms with Crippen LogP contribution in [0, 0.1) is 0 Å². The molecule has 0 bridgehead atoms. The third-order valence-corrected chi connectivity index (χ3v) is 5.30. The number of hydrogen-bond donors (Lipinski definition) is 2. The SMILES string of the molecule is CCC(NC1CCC(SC)CC1)c1ccccc1O. The molecule has 1 aliphatic rings. The lowest BCUT2D eigenvalue weighted by Gasteiger charge is -2.31. The molecule has 3 heteroatoms. The molecule has 1 aromatic carbocycles. The molecule has 1 fully saturated rings. The molecule has 0 amide bonds. The fourth-order valence-electron chi connectivity index (χ4n) is 2.96. The first-order chi connectivity index (χ1) is 9.24. The molecule has 0 aromatic heterocycles. The van der Waals surface area contributed by atoms with Gasteiger partial charge >= 0.3 is 0 Å². The van der Waals surface area contributed by atoms with E-state index in [2.05, 4.69) is 18.5 Å². The average molecular weight is 279 g/mol. The number of phenolic OH excluding ortho intramolecular Hbond substituents is 1. The summed E-state index contributed by atoms with van der Waals surface area (Å²) in [7, 11) is 0. The van der Waals surface area contributed by atoms with Crippen LogP contribution in [0.3, 0.4) is 0 Å². The van der Waals surface area contributed by atoms with E-state index in [1.165, 1.54) is 25.7 Å². The van der Waals surface area contributed by atoms with E-state index < -0.39 is 0 Å². The van der Waals surface area contributed by atoms with E-state index in [0.717, 1.165) is 17.2 Å². The summed E-state index contributed by atoms with van der Waals surface area (Å²) in [5.74, 6) is 0.416. The second-order valence-electron chi connectivity index (χ2n) is 5.40. The summed E-state index contributed by atoms with van der Waals surface area (Å²) in [5.41, 5.74) is 1.04. The predicted molar refractivity (Wildman–Crippen MR) is 83.8 cm³/mol. The van der Waals surface area contributed by atoms with Crippen LogP contribution in [0.1, 0.15) is 50.6 Å². The Morgan fingerprint density at radius 3 is 2.53 bits per heavy atom. The minimum absolute atomic E-state index is 0.275. The fraction of sp³-hybridized carbons (Fsp3) is 0.625. The Balaban J connectivity index is 1.95. The van der Waals surface area contributed by atoms with Crippen molar-refractivity contribution in [2.24, 2.45) is 0 Å². The van der Waals surface area contributed by atoms with Crippen molar-refractivity contribution in [3.8, 4) is 5.75 Å². The molecule has 0 saturated heterocycles. The molecular weight excluding hydrogens is 254 g/mol. The van der Waals surface area contributed by atoms with E-state index in [0.29, 0.717) is 11.8 Å². The quantitative estimate of drug-likeness (QED) is 0.851. The zero-order chi connectivity index (χ0) is 13.7. The van der Waals surface area contributed by atoms with E-state index in [4.69, 9.17) is 0 Å². The van der Waals surface area contributed by atoms with Crippen LogP contribution in [0.25, 0.3) is 0 Å². The highest BCUT2D eigenvalue weighted by molar-refractivity contribution is 7.99. The standard InChI is InChI=1S/C16H25NOS/c1-3-15(14-6-4-5-7-16(14)18)17-12-8-10-13(19-2)11-9-12/h4-7,12-13,15,17-18H,3,8-11H2,1-2H3. The Hall–Kier alpha value is -0.670. The first-order valence-electron chi connectivity index (χ1n) is 7.31. The van der Waals surface area contributed by atoms with E-state index in [1.54, 1.807) is 6.07 Å². The molecule has 0 radical (unpaired) electrons. The van der Waals surface area contributed by atoms with Crippen LogP contribution in [0.2, 0.25) is 0 Å². The lowest BCUT2D eigenvalue weighted by molar-refractivity contribution is 0.333. The third-order valence-electron chi connectivity index (χ3n) is 4.16. The number of thioether (sulfide) groups is 1. The van der Waals surface area contributed by atoms with Crippen molar-refractivity contribution in [3.05, 3.63) is 29.8 Å². The van der Waals surface area contributed by atoms with E-state index in [-0.39, 0.29) is 6.04 Å². The zero-order valence-electron chi connectivity index (χ0n) is 11.9. The lowest BCUT2D eigenvalue weighted by atomic mass is 9.93. The number of para-hydroxylation sites is 1. The summed E-state index contributed by atoms with van der Waals surface area (Å²) in [5, 5.41) is 14.6. The Labute approximate surface area is 121 Å². The summed E-state index contributed by atoms with van der Waals surface area (Å²) >= 11 is 2.00.